The molecular formula is C17H12N4O3. The Morgan fingerprint density at radius 1 is 1.08 bits per heavy atom. The topological polar surface area (TPSA) is 93.9 Å². The number of fused-ring (bicyclic) bond motifs is 1. The number of H-pyrrole nitrogens is 1. The zero-order valence-corrected chi connectivity index (χ0v) is 12.5. The van der Waals surface area contributed by atoms with Crippen molar-refractivity contribution in [2.45, 2.75) is 6.61 Å². The number of aromatic nitrogens is 4. The van der Waals surface area contributed by atoms with Crippen molar-refractivity contribution in [2.24, 2.45) is 0 Å². The molecule has 2 heterocycles. The van der Waals surface area contributed by atoms with Crippen LogP contribution in [0.4, 0.5) is 0 Å². The Labute approximate surface area is 135 Å². The number of tetrazole rings is 1. The molecule has 4 aromatic rings. The Bertz CT molecular complexity index is 1030. The third kappa shape index (κ3) is 2.74. The summed E-state index contributed by atoms with van der Waals surface area (Å²) in [5.74, 6) is 0.996. The van der Waals surface area contributed by atoms with Gasteiger partial charge in [-0.1, -0.05) is 35.5 Å². The number of hydrogen-bond donors (Lipinski definition) is 1. The molecule has 4 rings (SSSR count). The second kappa shape index (κ2) is 5.96. The molecule has 7 nitrogen and oxygen atoms in total. The highest BCUT2D eigenvalue weighted by molar-refractivity contribution is 5.93. The van der Waals surface area contributed by atoms with Crippen LogP contribution in [-0.4, -0.2) is 20.6 Å². The summed E-state index contributed by atoms with van der Waals surface area (Å²) in [5, 5.41) is 14.3. The first kappa shape index (κ1) is 14.1. The SMILES string of the molecule is O=c1cc(-c2ccccc2)c2ccc(OCc3nn[nH]n3)cc2o1. The summed E-state index contributed by atoms with van der Waals surface area (Å²) in [5.41, 5.74) is 1.84. The number of nitrogens with one attached hydrogen (secondary N) is 1. The molecule has 118 valence electrons. The van der Waals surface area contributed by atoms with Gasteiger partial charge in [0.05, 0.1) is 0 Å². The Balaban J connectivity index is 1.73. The van der Waals surface area contributed by atoms with Crippen LogP contribution in [0.1, 0.15) is 5.82 Å². The number of hydrogen-bond acceptors (Lipinski definition) is 6. The third-order valence-corrected chi connectivity index (χ3v) is 3.56. The molecule has 0 aliphatic carbocycles. The van der Waals surface area contributed by atoms with E-state index in [-0.39, 0.29) is 6.61 Å². The van der Waals surface area contributed by atoms with Gasteiger partial charge in [-0.15, -0.1) is 10.2 Å². The zero-order valence-electron chi connectivity index (χ0n) is 12.5. The molecule has 0 amide bonds. The summed E-state index contributed by atoms with van der Waals surface area (Å²) in [4.78, 5) is 11.9. The van der Waals surface area contributed by atoms with Gasteiger partial charge in [0.2, 0.25) is 5.82 Å². The van der Waals surface area contributed by atoms with Gasteiger partial charge in [0.1, 0.15) is 11.3 Å². The van der Waals surface area contributed by atoms with Gasteiger partial charge in [-0.05, 0) is 23.3 Å². The Kier molecular flexibility index (Phi) is 3.51. The lowest BCUT2D eigenvalue weighted by Crippen LogP contribution is -2.00. The molecule has 7 heteroatoms. The van der Waals surface area contributed by atoms with Gasteiger partial charge < -0.3 is 9.15 Å². The molecule has 0 atom stereocenters. The van der Waals surface area contributed by atoms with Crippen LogP contribution in [0.2, 0.25) is 0 Å². The van der Waals surface area contributed by atoms with Crippen molar-refractivity contribution in [3.05, 3.63) is 70.8 Å². The Hall–Kier alpha value is -3.48. The van der Waals surface area contributed by atoms with Crippen LogP contribution in [0, 0.1) is 0 Å². The molecule has 2 aromatic carbocycles. The third-order valence-electron chi connectivity index (χ3n) is 3.56. The summed E-state index contributed by atoms with van der Waals surface area (Å²) in [6.07, 6.45) is 0. The van der Waals surface area contributed by atoms with Crippen molar-refractivity contribution in [1.29, 1.82) is 0 Å². The number of ether oxygens (including phenoxy) is 1. The molecule has 0 aliphatic rings. The number of nitrogens with zero attached hydrogens (tertiary/aromatic N) is 3. The van der Waals surface area contributed by atoms with E-state index in [1.54, 1.807) is 6.07 Å². The first-order chi connectivity index (χ1) is 11.8. The second-order valence-corrected chi connectivity index (χ2v) is 5.12. The molecule has 0 unspecified atom stereocenters. The Morgan fingerprint density at radius 3 is 2.75 bits per heavy atom. The molecular weight excluding hydrogens is 308 g/mol. The smallest absolute Gasteiger partial charge is 0.336 e. The van der Waals surface area contributed by atoms with Crippen LogP contribution in [0.5, 0.6) is 5.75 Å². The molecule has 2 aromatic heterocycles. The van der Waals surface area contributed by atoms with Crippen molar-refractivity contribution in [1.82, 2.24) is 20.6 Å². The first-order valence-electron chi connectivity index (χ1n) is 7.28. The number of benzene rings is 2. The number of rotatable bonds is 4. The van der Waals surface area contributed by atoms with Crippen molar-refractivity contribution >= 4 is 11.0 Å². The lowest BCUT2D eigenvalue weighted by molar-refractivity contribution is 0.296. The van der Waals surface area contributed by atoms with E-state index in [2.05, 4.69) is 20.6 Å². The summed E-state index contributed by atoms with van der Waals surface area (Å²) < 4.78 is 10.9. The van der Waals surface area contributed by atoms with Gasteiger partial charge in [0.25, 0.3) is 0 Å². The van der Waals surface area contributed by atoms with Crippen molar-refractivity contribution in [3.8, 4) is 16.9 Å². The molecule has 0 fully saturated rings. The lowest BCUT2D eigenvalue weighted by Gasteiger charge is -2.08. The van der Waals surface area contributed by atoms with Crippen molar-refractivity contribution in [2.75, 3.05) is 0 Å². The molecule has 0 spiro atoms. The van der Waals surface area contributed by atoms with Gasteiger partial charge in [-0.2, -0.15) is 5.21 Å². The van der Waals surface area contributed by atoms with E-state index in [4.69, 9.17) is 9.15 Å². The lowest BCUT2D eigenvalue weighted by atomic mass is 10.0. The quantitative estimate of drug-likeness (QED) is 0.581. The molecule has 0 aliphatic heterocycles. The maximum Gasteiger partial charge on any atom is 0.336 e. The molecule has 24 heavy (non-hydrogen) atoms. The molecule has 1 N–H and O–H groups in total. The maximum absolute atomic E-state index is 11.9. The maximum atomic E-state index is 11.9. The molecule has 0 bridgehead atoms. The normalized spacial score (nSPS) is 10.8. The summed E-state index contributed by atoms with van der Waals surface area (Å²) in [6, 6.07) is 16.6. The minimum absolute atomic E-state index is 0.171. The van der Waals surface area contributed by atoms with Gasteiger partial charge in [-0.3, -0.25) is 0 Å². The highest BCUT2D eigenvalue weighted by Crippen LogP contribution is 2.29. The van der Waals surface area contributed by atoms with Gasteiger partial charge in [0.15, 0.2) is 6.61 Å². The summed E-state index contributed by atoms with van der Waals surface area (Å²) in [7, 11) is 0. The standard InChI is InChI=1S/C17H12N4O3/c22-17-9-14(11-4-2-1-3-5-11)13-7-6-12(8-15(13)24-17)23-10-16-18-20-21-19-16/h1-9H,10H2,(H,18,19,20,21). The minimum atomic E-state index is -0.406. The fraction of sp³-hybridized carbons (Fsp3) is 0.0588. The van der Waals surface area contributed by atoms with Crippen LogP contribution >= 0.6 is 0 Å². The fourth-order valence-corrected chi connectivity index (χ4v) is 2.48. The van der Waals surface area contributed by atoms with Gasteiger partial charge in [0, 0.05) is 17.5 Å². The van der Waals surface area contributed by atoms with E-state index < -0.39 is 5.63 Å². The first-order valence-corrected chi connectivity index (χ1v) is 7.28. The second-order valence-electron chi connectivity index (χ2n) is 5.12. The summed E-state index contributed by atoms with van der Waals surface area (Å²) >= 11 is 0. The average molecular weight is 320 g/mol. The van der Waals surface area contributed by atoms with Gasteiger partial charge in [-0.25, -0.2) is 4.79 Å². The van der Waals surface area contributed by atoms with E-state index in [1.165, 1.54) is 6.07 Å². The van der Waals surface area contributed by atoms with Crippen molar-refractivity contribution < 1.29 is 9.15 Å². The molecule has 0 radical (unpaired) electrons. The van der Waals surface area contributed by atoms with Crippen LogP contribution in [0.3, 0.4) is 0 Å². The van der Waals surface area contributed by atoms with E-state index >= 15 is 0 Å². The average Bonchev–Trinajstić information content (AvgIpc) is 3.13. The largest absolute Gasteiger partial charge is 0.485 e. The van der Waals surface area contributed by atoms with E-state index in [0.717, 1.165) is 16.5 Å². The van der Waals surface area contributed by atoms with E-state index in [0.29, 0.717) is 17.2 Å². The Morgan fingerprint density at radius 2 is 1.96 bits per heavy atom. The minimum Gasteiger partial charge on any atom is -0.485 e. The fourth-order valence-electron chi connectivity index (χ4n) is 2.48. The van der Waals surface area contributed by atoms with Crippen molar-refractivity contribution in [3.63, 3.8) is 0 Å². The van der Waals surface area contributed by atoms with Crippen LogP contribution in [0.25, 0.3) is 22.1 Å². The van der Waals surface area contributed by atoms with E-state index in [1.807, 2.05) is 42.5 Å². The van der Waals surface area contributed by atoms with E-state index in [9.17, 15) is 4.79 Å². The molecule has 0 saturated heterocycles. The summed E-state index contributed by atoms with van der Waals surface area (Å²) in [6.45, 7) is 0.171. The van der Waals surface area contributed by atoms with Crippen LogP contribution < -0.4 is 10.4 Å². The monoisotopic (exact) mass is 320 g/mol. The van der Waals surface area contributed by atoms with Gasteiger partial charge >= 0.3 is 5.63 Å². The van der Waals surface area contributed by atoms with Crippen LogP contribution in [-0.2, 0) is 6.61 Å². The predicted octanol–water partition coefficient (Wildman–Crippen LogP) is 2.55. The highest BCUT2D eigenvalue weighted by atomic mass is 16.5. The molecule has 0 saturated carbocycles. The zero-order chi connectivity index (χ0) is 16.4. The number of aromatic amines is 1. The highest BCUT2D eigenvalue weighted by Gasteiger charge is 2.09. The predicted molar refractivity (Wildman–Crippen MR) is 86.4 cm³/mol. The van der Waals surface area contributed by atoms with Crippen LogP contribution in [0.15, 0.2) is 63.8 Å².